The van der Waals surface area contributed by atoms with Gasteiger partial charge in [-0.3, -0.25) is 15.0 Å². The molecule has 0 atom stereocenters. The second kappa shape index (κ2) is 8.21. The van der Waals surface area contributed by atoms with E-state index in [9.17, 15) is 9.59 Å². The van der Waals surface area contributed by atoms with Crippen LogP contribution in [0.25, 0.3) is 10.2 Å². The van der Waals surface area contributed by atoms with Gasteiger partial charge in [-0.1, -0.05) is 70.9 Å². The van der Waals surface area contributed by atoms with E-state index in [0.717, 1.165) is 15.2 Å². The van der Waals surface area contributed by atoms with Crippen LogP contribution < -0.4 is 10.4 Å². The average molecular weight is 442 g/mol. The topological polar surface area (TPSA) is 62.3 Å². The molecular weight excluding hydrogens is 429 g/mol. The fraction of sp³-hybridized carbons (Fsp3) is 0. The van der Waals surface area contributed by atoms with E-state index in [4.69, 9.17) is 23.2 Å². The summed E-state index contributed by atoms with van der Waals surface area (Å²) in [6.07, 6.45) is 0. The highest BCUT2D eigenvalue weighted by Gasteiger charge is 2.26. The molecule has 2 amide bonds. The molecule has 0 aliphatic rings. The van der Waals surface area contributed by atoms with Crippen molar-refractivity contribution in [1.29, 1.82) is 0 Å². The van der Waals surface area contributed by atoms with Gasteiger partial charge >= 0.3 is 0 Å². The number of thiazole rings is 1. The van der Waals surface area contributed by atoms with Gasteiger partial charge in [0.2, 0.25) is 5.13 Å². The minimum Gasteiger partial charge on any atom is -0.267 e. The molecule has 144 valence electrons. The zero-order valence-corrected chi connectivity index (χ0v) is 17.1. The molecule has 0 spiro atoms. The van der Waals surface area contributed by atoms with Crippen molar-refractivity contribution >= 4 is 61.7 Å². The maximum atomic E-state index is 13.3. The van der Waals surface area contributed by atoms with Crippen molar-refractivity contribution in [2.24, 2.45) is 0 Å². The van der Waals surface area contributed by atoms with E-state index in [2.05, 4.69) is 10.4 Å². The molecule has 0 saturated heterocycles. The van der Waals surface area contributed by atoms with E-state index < -0.39 is 11.8 Å². The summed E-state index contributed by atoms with van der Waals surface area (Å²) in [6, 6.07) is 20.7. The third kappa shape index (κ3) is 3.96. The van der Waals surface area contributed by atoms with Gasteiger partial charge in [-0.2, -0.15) is 5.01 Å². The van der Waals surface area contributed by atoms with Gasteiger partial charge < -0.3 is 0 Å². The van der Waals surface area contributed by atoms with Crippen LogP contribution in [0.3, 0.4) is 0 Å². The molecule has 1 heterocycles. The van der Waals surface area contributed by atoms with Crippen LogP contribution in [0.5, 0.6) is 0 Å². The Morgan fingerprint density at radius 3 is 2.07 bits per heavy atom. The Kier molecular flexibility index (Phi) is 5.49. The van der Waals surface area contributed by atoms with Crippen molar-refractivity contribution in [1.82, 2.24) is 10.4 Å². The van der Waals surface area contributed by atoms with E-state index >= 15 is 0 Å². The van der Waals surface area contributed by atoms with Gasteiger partial charge in [0.25, 0.3) is 11.8 Å². The summed E-state index contributed by atoms with van der Waals surface area (Å²) in [4.78, 5) is 30.6. The lowest BCUT2D eigenvalue weighted by molar-refractivity contribution is 0.0888. The third-order valence-electron chi connectivity index (χ3n) is 4.11. The number of rotatable bonds is 3. The van der Waals surface area contributed by atoms with Crippen LogP contribution in [0.4, 0.5) is 5.13 Å². The van der Waals surface area contributed by atoms with Gasteiger partial charge in [0.05, 0.1) is 31.4 Å². The van der Waals surface area contributed by atoms with Crippen LogP contribution in [0.15, 0.2) is 72.8 Å². The van der Waals surface area contributed by atoms with Crippen LogP contribution in [-0.2, 0) is 0 Å². The first-order chi connectivity index (χ1) is 14.0. The van der Waals surface area contributed by atoms with Crippen molar-refractivity contribution in [3.63, 3.8) is 0 Å². The second-order valence-electron chi connectivity index (χ2n) is 6.01. The molecule has 4 aromatic rings. The van der Waals surface area contributed by atoms with E-state index in [1.165, 1.54) is 11.3 Å². The number of hydrazine groups is 1. The number of carbonyl (C=O) groups excluding carboxylic acids is 2. The summed E-state index contributed by atoms with van der Waals surface area (Å²) in [5.74, 6) is -1.04. The van der Waals surface area contributed by atoms with Crippen LogP contribution in [0, 0.1) is 0 Å². The smallest absolute Gasteiger partial charge is 0.267 e. The Bertz CT molecular complexity index is 1190. The number of amides is 2. The number of nitrogens with one attached hydrogen (secondary N) is 1. The molecule has 5 nitrogen and oxygen atoms in total. The maximum Gasteiger partial charge on any atom is 0.280 e. The van der Waals surface area contributed by atoms with Gasteiger partial charge in [-0.25, -0.2) is 4.98 Å². The van der Waals surface area contributed by atoms with Crippen LogP contribution in [0.2, 0.25) is 10.0 Å². The Morgan fingerprint density at radius 1 is 0.828 bits per heavy atom. The lowest BCUT2D eigenvalue weighted by atomic mass is 10.2. The summed E-state index contributed by atoms with van der Waals surface area (Å²) in [5.41, 5.74) is 3.83. The summed E-state index contributed by atoms with van der Waals surface area (Å²) < 4.78 is 0.881. The van der Waals surface area contributed by atoms with Gasteiger partial charge in [0, 0.05) is 0 Å². The summed E-state index contributed by atoms with van der Waals surface area (Å²) in [7, 11) is 0. The molecule has 4 rings (SSSR count). The number of para-hydroxylation sites is 1. The van der Waals surface area contributed by atoms with Gasteiger partial charge in [-0.05, 0) is 36.4 Å². The minimum atomic E-state index is -0.532. The van der Waals surface area contributed by atoms with E-state index in [1.54, 1.807) is 48.5 Å². The quantitative estimate of drug-likeness (QED) is 0.421. The number of fused-ring (bicyclic) bond motifs is 1. The molecular formula is C21H13Cl2N3O2S. The van der Waals surface area contributed by atoms with E-state index in [1.807, 2.05) is 24.3 Å². The summed E-state index contributed by atoms with van der Waals surface area (Å²) >= 11 is 13.6. The number of anilines is 1. The first-order valence-corrected chi connectivity index (χ1v) is 10.1. The third-order valence-corrected chi connectivity index (χ3v) is 5.79. The second-order valence-corrected chi connectivity index (χ2v) is 7.83. The Balaban J connectivity index is 1.76. The van der Waals surface area contributed by atoms with E-state index in [-0.39, 0.29) is 21.2 Å². The molecule has 0 aliphatic heterocycles. The zero-order valence-electron chi connectivity index (χ0n) is 14.8. The molecule has 0 bridgehead atoms. The van der Waals surface area contributed by atoms with Crippen molar-refractivity contribution < 1.29 is 9.59 Å². The number of aromatic nitrogens is 1. The number of benzene rings is 3. The van der Waals surface area contributed by atoms with Gasteiger partial charge in [0.15, 0.2) is 0 Å². The van der Waals surface area contributed by atoms with Crippen molar-refractivity contribution in [2.75, 3.05) is 5.01 Å². The fourth-order valence-electron chi connectivity index (χ4n) is 2.70. The lowest BCUT2D eigenvalue weighted by Crippen LogP contribution is -2.46. The first kappa shape index (κ1) is 19.4. The van der Waals surface area contributed by atoms with Crippen molar-refractivity contribution in [2.45, 2.75) is 0 Å². The standard InChI is InChI=1S/C21H13Cl2N3O2S/c22-15-9-3-1-7-13(15)19(27)25-26(20(28)14-8-2-4-10-16(14)23)21-24-17-11-5-6-12-18(17)29-21/h1-12H,(H,25,27). The minimum absolute atomic E-state index is 0.243. The highest BCUT2D eigenvalue weighted by Crippen LogP contribution is 2.30. The summed E-state index contributed by atoms with van der Waals surface area (Å²) in [6.45, 7) is 0. The largest absolute Gasteiger partial charge is 0.280 e. The molecule has 0 fully saturated rings. The molecule has 3 aromatic carbocycles. The molecule has 1 N–H and O–H groups in total. The Hall–Kier alpha value is -2.93. The van der Waals surface area contributed by atoms with Crippen molar-refractivity contribution in [3.8, 4) is 0 Å². The van der Waals surface area contributed by atoms with E-state index in [0.29, 0.717) is 5.13 Å². The number of hydrogen-bond acceptors (Lipinski definition) is 4. The number of halogens is 2. The SMILES string of the molecule is O=C(NN(C(=O)c1ccccc1Cl)c1nc2ccccc2s1)c1ccccc1Cl. The monoisotopic (exact) mass is 441 g/mol. The highest BCUT2D eigenvalue weighted by molar-refractivity contribution is 7.22. The zero-order chi connectivity index (χ0) is 20.4. The fourth-order valence-corrected chi connectivity index (χ4v) is 4.07. The van der Waals surface area contributed by atoms with Crippen LogP contribution in [0.1, 0.15) is 20.7 Å². The van der Waals surface area contributed by atoms with Crippen molar-refractivity contribution in [3.05, 3.63) is 94.0 Å². The number of nitrogens with zero attached hydrogens (tertiary/aromatic N) is 2. The molecule has 8 heteroatoms. The predicted molar refractivity (Wildman–Crippen MR) is 117 cm³/mol. The molecule has 0 aliphatic carbocycles. The summed E-state index contributed by atoms with van der Waals surface area (Å²) in [5, 5.41) is 1.98. The Labute approximate surface area is 180 Å². The molecule has 29 heavy (non-hydrogen) atoms. The van der Waals surface area contributed by atoms with Crippen LogP contribution >= 0.6 is 34.5 Å². The maximum absolute atomic E-state index is 13.3. The van der Waals surface area contributed by atoms with Crippen LogP contribution in [-0.4, -0.2) is 16.8 Å². The predicted octanol–water partition coefficient (Wildman–Crippen LogP) is 5.59. The molecule has 1 aromatic heterocycles. The lowest BCUT2D eigenvalue weighted by Gasteiger charge is -2.21. The molecule has 0 saturated carbocycles. The van der Waals surface area contributed by atoms with Gasteiger partial charge in [-0.15, -0.1) is 0 Å². The first-order valence-electron chi connectivity index (χ1n) is 8.54. The molecule has 0 radical (unpaired) electrons. The highest BCUT2D eigenvalue weighted by atomic mass is 35.5. The molecule has 0 unspecified atom stereocenters. The van der Waals surface area contributed by atoms with Gasteiger partial charge in [0.1, 0.15) is 0 Å². The number of carbonyl (C=O) groups is 2. The Morgan fingerprint density at radius 2 is 1.41 bits per heavy atom. The number of hydrogen-bond donors (Lipinski definition) is 1. The normalized spacial score (nSPS) is 10.7. The average Bonchev–Trinajstić information content (AvgIpc) is 3.16.